The number of hydrogen-bond acceptors (Lipinski definition) is 13. The fourth-order valence-corrected chi connectivity index (χ4v) is 4.39. The zero-order chi connectivity index (χ0) is 28.6. The Labute approximate surface area is 234 Å². The van der Waals surface area contributed by atoms with E-state index in [1.807, 2.05) is 0 Å². The molecule has 0 atom stereocenters. The third-order valence-electron chi connectivity index (χ3n) is 6.32. The maximum atomic E-state index is 10.2. The highest BCUT2D eigenvalue weighted by molar-refractivity contribution is 5.87. The summed E-state index contributed by atoms with van der Waals surface area (Å²) in [6, 6.07) is 14.6. The number of aromatic nitrogens is 4. The molecule has 0 fully saturated rings. The van der Waals surface area contributed by atoms with Gasteiger partial charge in [-0.1, -0.05) is 0 Å². The molecule has 0 amide bonds. The Morgan fingerprint density at radius 1 is 0.476 bits per heavy atom. The Morgan fingerprint density at radius 3 is 1.19 bits per heavy atom. The van der Waals surface area contributed by atoms with Crippen molar-refractivity contribution in [3.63, 3.8) is 0 Å². The number of fused-ring (bicyclic) bond motifs is 3. The van der Waals surface area contributed by atoms with Gasteiger partial charge < -0.3 is 0 Å². The molecule has 7 heterocycles. The lowest BCUT2D eigenvalue weighted by Gasteiger charge is -2.09. The van der Waals surface area contributed by atoms with E-state index in [1.54, 1.807) is 55.1 Å². The Bertz CT molecular complexity index is 2100. The van der Waals surface area contributed by atoms with Crippen molar-refractivity contribution in [1.29, 1.82) is 15.8 Å². The average Bonchev–Trinajstić information content (AvgIpc) is 3.75. The first-order valence-corrected chi connectivity index (χ1v) is 12.2. The Kier molecular flexibility index (Phi) is 5.57. The Balaban J connectivity index is 1.50. The van der Waals surface area contributed by atoms with Crippen LogP contribution in [0.2, 0.25) is 0 Å². The zero-order valence-electron chi connectivity index (χ0n) is 21.2. The molecule has 0 N–H and O–H groups in total. The molecule has 0 bridgehead atoms. The van der Waals surface area contributed by atoms with Gasteiger partial charge in [0.2, 0.25) is 0 Å². The van der Waals surface area contributed by atoms with E-state index in [0.29, 0.717) is 37.7 Å². The molecule has 7 rings (SSSR count). The van der Waals surface area contributed by atoms with Crippen LogP contribution in [-0.2, 0) is 0 Å². The molecule has 0 radical (unpaired) electrons. The highest BCUT2D eigenvalue weighted by Gasteiger charge is 2.22. The number of allylic oxidation sites excluding steroid dienone is 3. The summed E-state index contributed by atoms with van der Waals surface area (Å²) in [5, 5.41) is 33.9. The maximum absolute atomic E-state index is 10.2. The lowest BCUT2D eigenvalue weighted by atomic mass is 10.0. The topological polar surface area (TPSA) is 197 Å². The predicted octanol–water partition coefficient (Wildman–Crippen LogP) is -0.298. The van der Waals surface area contributed by atoms with Crippen LogP contribution in [0.3, 0.4) is 0 Å². The van der Waals surface area contributed by atoms with Crippen LogP contribution in [0, 0.1) is 34.0 Å². The second-order valence-corrected chi connectivity index (χ2v) is 8.82. The first-order valence-electron chi connectivity index (χ1n) is 12.2. The minimum Gasteiger partial charge on any atom is -0.262 e. The van der Waals surface area contributed by atoms with Crippen LogP contribution in [0.15, 0.2) is 115 Å². The van der Waals surface area contributed by atoms with Gasteiger partial charge in [0.1, 0.15) is 51.0 Å². The summed E-state index contributed by atoms with van der Waals surface area (Å²) in [6.07, 6.45) is 9.35. The zero-order valence-corrected chi connectivity index (χ0v) is 21.2. The summed E-state index contributed by atoms with van der Waals surface area (Å²) < 4.78 is 0. The van der Waals surface area contributed by atoms with Gasteiger partial charge in [0.25, 0.3) is 0 Å². The second-order valence-electron chi connectivity index (χ2n) is 8.82. The molecule has 0 saturated heterocycles. The lowest BCUT2D eigenvalue weighted by Crippen LogP contribution is -2.20. The molecule has 0 aliphatic carbocycles. The molecular formula is C29H11N13. The molecule has 0 unspecified atom stereocenters. The van der Waals surface area contributed by atoms with Gasteiger partial charge in [-0.3, -0.25) is 15.0 Å². The molecule has 3 aliphatic rings. The van der Waals surface area contributed by atoms with E-state index in [-0.39, 0.29) is 45.6 Å². The van der Waals surface area contributed by atoms with Gasteiger partial charge in [-0.25, -0.2) is 34.9 Å². The molecule has 3 aliphatic heterocycles. The molecule has 4 aromatic rings. The second kappa shape index (κ2) is 9.68. The van der Waals surface area contributed by atoms with Gasteiger partial charge >= 0.3 is 0 Å². The van der Waals surface area contributed by atoms with Crippen LogP contribution in [0.5, 0.6) is 0 Å². The molecular weight excluding hydrogens is 530 g/mol. The quantitative estimate of drug-likeness (QED) is 0.317. The SMILES string of the molecule is N#C/C(=C1\N=c2ccncc2=N1)c1cc(/C(C#N)=C2/N=c3ccncc3=N2)nc(/C(C#N)=C2/N=c3ccncc3=N2)c1. The third kappa shape index (κ3) is 4.02. The predicted molar refractivity (Wildman–Crippen MR) is 141 cm³/mol. The summed E-state index contributed by atoms with van der Waals surface area (Å²) >= 11 is 0. The Morgan fingerprint density at radius 2 is 0.833 bits per heavy atom. The van der Waals surface area contributed by atoms with Gasteiger partial charge in [0.05, 0.1) is 46.1 Å². The number of pyridine rings is 4. The van der Waals surface area contributed by atoms with Gasteiger partial charge in [0.15, 0.2) is 17.5 Å². The van der Waals surface area contributed by atoms with Crippen molar-refractivity contribution in [3.8, 4) is 18.2 Å². The monoisotopic (exact) mass is 541 g/mol. The normalized spacial score (nSPS) is 17.1. The van der Waals surface area contributed by atoms with Crippen molar-refractivity contribution < 1.29 is 0 Å². The van der Waals surface area contributed by atoms with Crippen molar-refractivity contribution >= 4 is 16.7 Å². The van der Waals surface area contributed by atoms with Crippen molar-refractivity contribution in [2.45, 2.75) is 0 Å². The van der Waals surface area contributed by atoms with E-state index in [1.165, 1.54) is 12.4 Å². The standard InChI is InChI=1S/C29H11N13/c30-9-16(27-37-19-1-4-33-12-24(19)40-27)15-7-22(17(10-31)28-38-20-2-5-34-13-25(20)41-28)36-23(8-15)18(11-32)29-39-21-3-6-35-14-26(21)42-29/h1-8,12-14H/b27-16-,28-17-,29-18-. The van der Waals surface area contributed by atoms with Crippen LogP contribution < -0.4 is 32.1 Å². The first kappa shape index (κ1) is 24.2. The van der Waals surface area contributed by atoms with E-state index in [2.05, 4.69) is 68.1 Å². The minimum absolute atomic E-state index is 0.0273. The number of rotatable bonds is 3. The highest BCUT2D eigenvalue weighted by Crippen LogP contribution is 2.29. The maximum Gasteiger partial charge on any atom is 0.173 e. The summed E-state index contributed by atoms with van der Waals surface area (Å²) in [7, 11) is 0. The van der Waals surface area contributed by atoms with Gasteiger partial charge in [-0.15, -0.1) is 0 Å². The number of hydrogen-bond donors (Lipinski definition) is 0. The van der Waals surface area contributed by atoms with E-state index in [0.717, 1.165) is 0 Å². The largest absolute Gasteiger partial charge is 0.262 e. The van der Waals surface area contributed by atoms with Crippen molar-refractivity contribution in [2.75, 3.05) is 0 Å². The van der Waals surface area contributed by atoms with Crippen molar-refractivity contribution in [2.24, 2.45) is 30.0 Å². The lowest BCUT2D eigenvalue weighted by molar-refractivity contribution is 1.16. The van der Waals surface area contributed by atoms with Gasteiger partial charge in [-0.05, 0) is 30.3 Å². The highest BCUT2D eigenvalue weighted by atomic mass is 15.0. The fourth-order valence-electron chi connectivity index (χ4n) is 4.39. The van der Waals surface area contributed by atoms with Gasteiger partial charge in [-0.2, -0.15) is 15.8 Å². The molecule has 0 aromatic carbocycles. The van der Waals surface area contributed by atoms with Crippen LogP contribution in [-0.4, -0.2) is 19.9 Å². The summed E-state index contributed by atoms with van der Waals surface area (Å²) in [4.78, 5) is 43.6. The average molecular weight is 541 g/mol. The molecule has 0 saturated carbocycles. The van der Waals surface area contributed by atoms with Crippen molar-refractivity contribution in [1.82, 2.24) is 19.9 Å². The minimum atomic E-state index is 0.0273. The summed E-state index contributed by atoms with van der Waals surface area (Å²) in [5.41, 5.74) is 0.727. The van der Waals surface area contributed by atoms with Crippen LogP contribution in [0.25, 0.3) is 16.7 Å². The smallest absolute Gasteiger partial charge is 0.173 e. The molecule has 13 heteroatoms. The van der Waals surface area contributed by atoms with Crippen LogP contribution in [0.4, 0.5) is 0 Å². The van der Waals surface area contributed by atoms with Crippen LogP contribution in [0.1, 0.15) is 17.0 Å². The third-order valence-corrected chi connectivity index (χ3v) is 6.32. The van der Waals surface area contributed by atoms with Crippen LogP contribution >= 0.6 is 0 Å². The van der Waals surface area contributed by atoms with Gasteiger partial charge in [0, 0.05) is 24.2 Å². The summed E-state index contributed by atoms with van der Waals surface area (Å²) in [6.45, 7) is 0. The van der Waals surface area contributed by atoms with E-state index in [9.17, 15) is 15.8 Å². The Hall–Kier alpha value is -6.91. The number of nitriles is 3. The van der Waals surface area contributed by atoms with Crippen molar-refractivity contribution in [3.05, 3.63) is 134 Å². The van der Waals surface area contributed by atoms with E-state index in [4.69, 9.17) is 0 Å². The molecule has 42 heavy (non-hydrogen) atoms. The van der Waals surface area contributed by atoms with E-state index >= 15 is 0 Å². The fraction of sp³-hybridized carbons (Fsp3) is 0. The number of nitrogens with zero attached hydrogens (tertiary/aromatic N) is 13. The summed E-state index contributed by atoms with van der Waals surface area (Å²) in [5.74, 6) is 0.398. The first-order chi connectivity index (χ1) is 20.6. The molecule has 0 spiro atoms. The molecule has 192 valence electrons. The molecule has 4 aromatic heterocycles. The van der Waals surface area contributed by atoms with E-state index < -0.39 is 0 Å². The molecule has 13 nitrogen and oxygen atoms in total.